The molecule has 3 amide bonds. The minimum absolute atomic E-state index is 0.180. The SMILES string of the molecule is NC(=O)COCCNC(=O)N1CCC[C@H](C(=O)O)C1. The molecule has 0 aliphatic carbocycles. The summed E-state index contributed by atoms with van der Waals surface area (Å²) in [6.45, 7) is 1.03. The van der Waals surface area contributed by atoms with Crippen molar-refractivity contribution in [1.82, 2.24) is 10.2 Å². The average molecular weight is 273 g/mol. The van der Waals surface area contributed by atoms with Crippen molar-refractivity contribution in [3.8, 4) is 0 Å². The van der Waals surface area contributed by atoms with Crippen molar-refractivity contribution >= 4 is 17.9 Å². The summed E-state index contributed by atoms with van der Waals surface area (Å²) in [7, 11) is 0. The topological polar surface area (TPSA) is 122 Å². The fourth-order valence-corrected chi connectivity index (χ4v) is 1.88. The van der Waals surface area contributed by atoms with Crippen molar-refractivity contribution < 1.29 is 24.2 Å². The van der Waals surface area contributed by atoms with Gasteiger partial charge in [-0.05, 0) is 12.8 Å². The molecule has 0 bridgehead atoms. The minimum atomic E-state index is -0.873. The van der Waals surface area contributed by atoms with Gasteiger partial charge in [0.1, 0.15) is 6.61 Å². The first kappa shape index (κ1) is 15.2. The zero-order chi connectivity index (χ0) is 14.3. The summed E-state index contributed by atoms with van der Waals surface area (Å²) >= 11 is 0. The van der Waals surface area contributed by atoms with Crippen LogP contribution in [-0.2, 0) is 14.3 Å². The Bertz CT molecular complexity index is 347. The van der Waals surface area contributed by atoms with Gasteiger partial charge < -0.3 is 25.8 Å². The van der Waals surface area contributed by atoms with Gasteiger partial charge in [0, 0.05) is 19.6 Å². The molecule has 0 aromatic carbocycles. The number of hydrogen-bond acceptors (Lipinski definition) is 4. The predicted octanol–water partition coefficient (Wildman–Crippen LogP) is -1.01. The summed E-state index contributed by atoms with van der Waals surface area (Å²) in [6, 6.07) is -0.311. The number of carboxylic acid groups (broad SMARTS) is 1. The molecule has 1 aliphatic heterocycles. The molecule has 108 valence electrons. The molecule has 1 fully saturated rings. The number of ether oxygens (including phenoxy) is 1. The molecule has 8 nitrogen and oxygen atoms in total. The van der Waals surface area contributed by atoms with E-state index in [2.05, 4.69) is 5.32 Å². The highest BCUT2D eigenvalue weighted by Crippen LogP contribution is 2.16. The Labute approximate surface area is 110 Å². The molecule has 1 rings (SSSR count). The van der Waals surface area contributed by atoms with Crippen molar-refractivity contribution in [1.29, 1.82) is 0 Å². The largest absolute Gasteiger partial charge is 0.481 e. The molecule has 0 spiro atoms. The van der Waals surface area contributed by atoms with Gasteiger partial charge in [-0.25, -0.2) is 4.79 Å². The number of aliphatic carboxylic acids is 1. The highest BCUT2D eigenvalue weighted by Gasteiger charge is 2.27. The van der Waals surface area contributed by atoms with Crippen molar-refractivity contribution in [2.75, 3.05) is 32.8 Å². The predicted molar refractivity (Wildman–Crippen MR) is 65.3 cm³/mol. The summed E-state index contributed by atoms with van der Waals surface area (Å²) in [4.78, 5) is 34.5. The fraction of sp³-hybridized carbons (Fsp3) is 0.727. The Morgan fingerprint density at radius 1 is 1.42 bits per heavy atom. The zero-order valence-electron chi connectivity index (χ0n) is 10.6. The lowest BCUT2D eigenvalue weighted by molar-refractivity contribution is -0.143. The first-order valence-electron chi connectivity index (χ1n) is 6.12. The zero-order valence-corrected chi connectivity index (χ0v) is 10.6. The fourth-order valence-electron chi connectivity index (χ4n) is 1.88. The molecule has 0 unspecified atom stereocenters. The van der Waals surface area contributed by atoms with Crippen LogP contribution >= 0.6 is 0 Å². The quantitative estimate of drug-likeness (QED) is 0.535. The summed E-state index contributed by atoms with van der Waals surface area (Å²) < 4.78 is 4.89. The summed E-state index contributed by atoms with van der Waals surface area (Å²) in [6.07, 6.45) is 1.28. The Hall–Kier alpha value is -1.83. The molecule has 0 saturated carbocycles. The van der Waals surface area contributed by atoms with E-state index >= 15 is 0 Å². The van der Waals surface area contributed by atoms with Crippen molar-refractivity contribution in [2.45, 2.75) is 12.8 Å². The van der Waals surface area contributed by atoms with Gasteiger partial charge in [-0.15, -0.1) is 0 Å². The third-order valence-corrected chi connectivity index (χ3v) is 2.82. The maximum atomic E-state index is 11.7. The molecule has 8 heteroatoms. The van der Waals surface area contributed by atoms with Crippen LogP contribution in [0.2, 0.25) is 0 Å². The molecular weight excluding hydrogens is 254 g/mol. The molecule has 0 radical (unpaired) electrons. The summed E-state index contributed by atoms with van der Waals surface area (Å²) in [5, 5.41) is 11.5. The molecule has 0 aromatic rings. The Morgan fingerprint density at radius 2 is 2.16 bits per heavy atom. The van der Waals surface area contributed by atoms with Gasteiger partial charge in [0.2, 0.25) is 5.91 Å². The van der Waals surface area contributed by atoms with E-state index in [0.29, 0.717) is 19.4 Å². The van der Waals surface area contributed by atoms with Crippen LogP contribution in [0.4, 0.5) is 4.79 Å². The van der Waals surface area contributed by atoms with Gasteiger partial charge in [-0.1, -0.05) is 0 Å². The smallest absolute Gasteiger partial charge is 0.317 e. The number of nitrogens with zero attached hydrogens (tertiary/aromatic N) is 1. The Kier molecular flexibility index (Phi) is 6.07. The number of urea groups is 1. The molecule has 1 atom stereocenters. The monoisotopic (exact) mass is 273 g/mol. The average Bonchev–Trinajstić information content (AvgIpc) is 2.37. The van der Waals surface area contributed by atoms with Gasteiger partial charge >= 0.3 is 12.0 Å². The number of carbonyl (C=O) groups excluding carboxylic acids is 2. The van der Waals surface area contributed by atoms with E-state index in [1.807, 2.05) is 0 Å². The van der Waals surface area contributed by atoms with Crippen LogP contribution in [0.15, 0.2) is 0 Å². The number of piperidine rings is 1. The van der Waals surface area contributed by atoms with E-state index in [1.54, 1.807) is 0 Å². The lowest BCUT2D eigenvalue weighted by atomic mass is 9.99. The van der Waals surface area contributed by atoms with Crippen LogP contribution in [0.3, 0.4) is 0 Å². The Balaban J connectivity index is 2.21. The maximum absolute atomic E-state index is 11.7. The third-order valence-electron chi connectivity index (χ3n) is 2.82. The second-order valence-corrected chi connectivity index (χ2v) is 4.37. The number of likely N-dealkylation sites (tertiary alicyclic amines) is 1. The van der Waals surface area contributed by atoms with E-state index in [9.17, 15) is 14.4 Å². The molecule has 1 heterocycles. The van der Waals surface area contributed by atoms with Crippen molar-refractivity contribution in [3.63, 3.8) is 0 Å². The number of carbonyl (C=O) groups is 3. The van der Waals surface area contributed by atoms with E-state index in [-0.39, 0.29) is 32.3 Å². The normalized spacial score (nSPS) is 18.9. The molecule has 1 aliphatic rings. The third kappa shape index (κ3) is 5.56. The number of rotatable bonds is 6. The Morgan fingerprint density at radius 3 is 2.79 bits per heavy atom. The van der Waals surface area contributed by atoms with Crippen LogP contribution in [0.1, 0.15) is 12.8 Å². The van der Waals surface area contributed by atoms with E-state index in [0.717, 1.165) is 0 Å². The summed E-state index contributed by atoms with van der Waals surface area (Å²) in [5.41, 5.74) is 4.88. The molecule has 19 heavy (non-hydrogen) atoms. The van der Waals surface area contributed by atoms with Gasteiger partial charge in [-0.3, -0.25) is 9.59 Å². The van der Waals surface area contributed by atoms with Crippen LogP contribution in [0.5, 0.6) is 0 Å². The van der Waals surface area contributed by atoms with Crippen molar-refractivity contribution in [2.24, 2.45) is 11.7 Å². The molecule has 0 aromatic heterocycles. The van der Waals surface area contributed by atoms with Gasteiger partial charge in [0.15, 0.2) is 0 Å². The number of amides is 3. The van der Waals surface area contributed by atoms with Crippen molar-refractivity contribution in [3.05, 3.63) is 0 Å². The standard InChI is InChI=1S/C11H19N3O5/c12-9(15)7-19-5-3-13-11(18)14-4-1-2-8(6-14)10(16)17/h8H,1-7H2,(H2,12,15)(H,13,18)(H,16,17)/t8-/m0/s1. The van der Waals surface area contributed by atoms with Gasteiger partial charge in [0.25, 0.3) is 0 Å². The number of primary amides is 1. The van der Waals surface area contributed by atoms with E-state index < -0.39 is 17.8 Å². The second-order valence-electron chi connectivity index (χ2n) is 4.37. The number of nitrogens with two attached hydrogens (primary N) is 1. The number of carboxylic acids is 1. The van der Waals surface area contributed by atoms with E-state index in [1.165, 1.54) is 4.90 Å². The lowest BCUT2D eigenvalue weighted by Crippen LogP contribution is -2.47. The summed E-state index contributed by atoms with van der Waals surface area (Å²) in [5.74, 6) is -1.93. The highest BCUT2D eigenvalue weighted by molar-refractivity contribution is 5.76. The van der Waals surface area contributed by atoms with Crippen LogP contribution in [0.25, 0.3) is 0 Å². The number of hydrogen-bond donors (Lipinski definition) is 3. The molecular formula is C11H19N3O5. The highest BCUT2D eigenvalue weighted by atomic mass is 16.5. The maximum Gasteiger partial charge on any atom is 0.317 e. The lowest BCUT2D eigenvalue weighted by Gasteiger charge is -2.30. The van der Waals surface area contributed by atoms with Crippen LogP contribution in [0, 0.1) is 5.92 Å². The van der Waals surface area contributed by atoms with E-state index in [4.69, 9.17) is 15.6 Å². The van der Waals surface area contributed by atoms with Crippen LogP contribution < -0.4 is 11.1 Å². The molecule has 1 saturated heterocycles. The van der Waals surface area contributed by atoms with Crippen LogP contribution in [-0.4, -0.2) is 60.8 Å². The number of nitrogens with one attached hydrogen (secondary N) is 1. The van der Waals surface area contributed by atoms with Gasteiger partial charge in [-0.2, -0.15) is 0 Å². The first-order chi connectivity index (χ1) is 9.00. The molecule has 4 N–H and O–H groups in total. The second kappa shape index (κ2) is 7.57. The van der Waals surface area contributed by atoms with Gasteiger partial charge in [0.05, 0.1) is 12.5 Å². The first-order valence-corrected chi connectivity index (χ1v) is 6.12. The minimum Gasteiger partial charge on any atom is -0.481 e.